The van der Waals surface area contributed by atoms with Crippen LogP contribution < -0.4 is 5.32 Å². The number of aryl methyl sites for hydroxylation is 1. The lowest BCUT2D eigenvalue weighted by molar-refractivity contribution is -0.0278. The number of hydrogen-bond acceptors (Lipinski definition) is 5. The molecule has 0 spiro atoms. The number of aromatic nitrogens is 1. The van der Waals surface area contributed by atoms with Crippen LogP contribution >= 0.6 is 0 Å². The van der Waals surface area contributed by atoms with Gasteiger partial charge in [0, 0.05) is 11.6 Å². The van der Waals surface area contributed by atoms with Gasteiger partial charge in [-0.05, 0) is 26.2 Å². The van der Waals surface area contributed by atoms with E-state index in [-0.39, 0.29) is 5.69 Å². The molecule has 3 rings (SSSR count). The number of benzene rings is 1. The first-order valence-electron chi connectivity index (χ1n) is 7.75. The van der Waals surface area contributed by atoms with Crippen molar-refractivity contribution in [1.29, 1.82) is 0 Å². The van der Waals surface area contributed by atoms with Gasteiger partial charge in [-0.1, -0.05) is 35.0 Å². The molecule has 0 saturated heterocycles. The minimum atomic E-state index is -0.948. The molecule has 1 amide bonds. The number of rotatable bonds is 3. The van der Waals surface area contributed by atoms with E-state index in [1.807, 2.05) is 31.2 Å². The molecule has 23 heavy (non-hydrogen) atoms. The zero-order valence-electron chi connectivity index (χ0n) is 12.9. The number of carbonyl (C=O) groups is 1. The third-order valence-corrected chi connectivity index (χ3v) is 4.22. The van der Waals surface area contributed by atoms with Crippen molar-refractivity contribution in [2.75, 3.05) is 0 Å². The second-order valence-corrected chi connectivity index (χ2v) is 6.01. The summed E-state index contributed by atoms with van der Waals surface area (Å²) in [6.07, 6.45) is 0.198. The van der Waals surface area contributed by atoms with Gasteiger partial charge in [0.15, 0.2) is 11.5 Å². The number of aliphatic hydroxyl groups excluding tert-OH is 2. The molecule has 0 unspecified atom stereocenters. The Bertz CT molecular complexity index is 680. The van der Waals surface area contributed by atoms with Crippen LogP contribution in [0, 0.1) is 6.92 Å². The normalized spacial score (nSPS) is 24.4. The van der Waals surface area contributed by atoms with E-state index in [0.717, 1.165) is 17.5 Å². The number of nitrogens with one attached hydrogen (secondary N) is 1. The van der Waals surface area contributed by atoms with Crippen LogP contribution in [-0.4, -0.2) is 39.5 Å². The lowest BCUT2D eigenvalue weighted by atomic mass is 9.90. The summed E-state index contributed by atoms with van der Waals surface area (Å²) in [5.74, 6) is 0.102. The van der Waals surface area contributed by atoms with E-state index in [0.29, 0.717) is 18.6 Å². The second kappa shape index (κ2) is 6.52. The predicted octanol–water partition coefficient (Wildman–Crippen LogP) is 1.65. The zero-order chi connectivity index (χ0) is 16.4. The predicted molar refractivity (Wildman–Crippen MR) is 83.8 cm³/mol. The highest BCUT2D eigenvalue weighted by molar-refractivity contribution is 5.93. The molecule has 1 fully saturated rings. The number of carbonyl (C=O) groups excluding carboxylic acids is 1. The SMILES string of the molecule is Cc1ccc(-c2cc(C(=O)N[C@@H]3CCC[C@@H](O)[C@@H]3O)no2)cc1. The standard InChI is InChI=1S/C17H20N2O4/c1-10-5-7-11(8-6-10)15-9-13(19-23-15)17(22)18-12-3-2-4-14(20)16(12)21/h5-9,12,14,16,20-21H,2-4H2,1H3,(H,18,22)/t12-,14-,16-/m1/s1. The van der Waals surface area contributed by atoms with Gasteiger partial charge in [-0.15, -0.1) is 0 Å². The topological polar surface area (TPSA) is 95.6 Å². The Morgan fingerprint density at radius 1 is 1.26 bits per heavy atom. The maximum absolute atomic E-state index is 12.2. The number of hydrogen-bond donors (Lipinski definition) is 3. The van der Waals surface area contributed by atoms with Crippen LogP contribution in [0.2, 0.25) is 0 Å². The molecule has 2 aromatic rings. The minimum absolute atomic E-state index is 0.160. The molecule has 3 atom stereocenters. The highest BCUT2D eigenvalue weighted by Gasteiger charge is 2.32. The van der Waals surface area contributed by atoms with Crippen LogP contribution in [0.1, 0.15) is 35.3 Å². The molecule has 0 aliphatic heterocycles. The lowest BCUT2D eigenvalue weighted by Crippen LogP contribution is -2.51. The zero-order valence-corrected chi connectivity index (χ0v) is 12.9. The van der Waals surface area contributed by atoms with Crippen molar-refractivity contribution in [1.82, 2.24) is 10.5 Å². The van der Waals surface area contributed by atoms with E-state index < -0.39 is 24.2 Å². The molecule has 122 valence electrons. The average Bonchev–Trinajstić information content (AvgIpc) is 3.02. The first-order chi connectivity index (χ1) is 11.0. The summed E-state index contributed by atoms with van der Waals surface area (Å²) in [7, 11) is 0. The van der Waals surface area contributed by atoms with Gasteiger partial charge in [-0.2, -0.15) is 0 Å². The van der Waals surface area contributed by atoms with Crippen LogP contribution in [0.15, 0.2) is 34.9 Å². The van der Waals surface area contributed by atoms with Crippen molar-refractivity contribution in [2.45, 2.75) is 44.4 Å². The molecule has 1 heterocycles. The van der Waals surface area contributed by atoms with Gasteiger partial charge in [0.25, 0.3) is 5.91 Å². The Kier molecular flexibility index (Phi) is 4.45. The second-order valence-electron chi connectivity index (χ2n) is 6.01. The molecule has 0 radical (unpaired) electrons. The van der Waals surface area contributed by atoms with Crippen molar-refractivity contribution in [2.24, 2.45) is 0 Å². The lowest BCUT2D eigenvalue weighted by Gasteiger charge is -2.31. The Balaban J connectivity index is 1.70. The molecular weight excluding hydrogens is 296 g/mol. The van der Waals surface area contributed by atoms with Crippen molar-refractivity contribution >= 4 is 5.91 Å². The maximum Gasteiger partial charge on any atom is 0.273 e. The van der Waals surface area contributed by atoms with Gasteiger partial charge in [-0.25, -0.2) is 0 Å². The third kappa shape index (κ3) is 3.43. The highest BCUT2D eigenvalue weighted by Crippen LogP contribution is 2.22. The van der Waals surface area contributed by atoms with E-state index in [4.69, 9.17) is 4.52 Å². The number of amides is 1. The Morgan fingerprint density at radius 3 is 2.74 bits per heavy atom. The summed E-state index contributed by atoms with van der Waals surface area (Å²) in [5.41, 5.74) is 2.14. The molecule has 6 nitrogen and oxygen atoms in total. The monoisotopic (exact) mass is 316 g/mol. The van der Waals surface area contributed by atoms with Crippen LogP contribution in [0.25, 0.3) is 11.3 Å². The summed E-state index contributed by atoms with van der Waals surface area (Å²) in [4.78, 5) is 12.2. The molecule has 0 bridgehead atoms. The van der Waals surface area contributed by atoms with Crippen molar-refractivity contribution in [3.05, 3.63) is 41.6 Å². The van der Waals surface area contributed by atoms with Gasteiger partial charge in [0.2, 0.25) is 0 Å². The summed E-state index contributed by atoms with van der Waals surface area (Å²) in [6.45, 7) is 1.99. The molecular formula is C17H20N2O4. The third-order valence-electron chi connectivity index (χ3n) is 4.22. The van der Waals surface area contributed by atoms with Crippen molar-refractivity contribution in [3.8, 4) is 11.3 Å². The molecule has 1 aromatic heterocycles. The molecule has 1 aliphatic carbocycles. The Morgan fingerprint density at radius 2 is 2.00 bits per heavy atom. The fourth-order valence-electron chi connectivity index (χ4n) is 2.79. The van der Waals surface area contributed by atoms with Crippen LogP contribution in [0.4, 0.5) is 0 Å². The summed E-state index contributed by atoms with van der Waals surface area (Å²) in [5, 5.41) is 26.1. The van der Waals surface area contributed by atoms with E-state index in [9.17, 15) is 15.0 Å². The average molecular weight is 316 g/mol. The van der Waals surface area contributed by atoms with Gasteiger partial charge in [0.1, 0.15) is 0 Å². The summed E-state index contributed by atoms with van der Waals surface area (Å²) in [6, 6.07) is 8.82. The van der Waals surface area contributed by atoms with Gasteiger partial charge in [-0.3, -0.25) is 4.79 Å². The molecule has 6 heteroatoms. The molecule has 1 saturated carbocycles. The Labute approximate surface area is 134 Å². The van der Waals surface area contributed by atoms with Crippen molar-refractivity contribution in [3.63, 3.8) is 0 Å². The van der Waals surface area contributed by atoms with Gasteiger partial charge >= 0.3 is 0 Å². The van der Waals surface area contributed by atoms with E-state index in [1.165, 1.54) is 0 Å². The smallest absolute Gasteiger partial charge is 0.273 e. The quantitative estimate of drug-likeness (QED) is 0.800. The molecule has 3 N–H and O–H groups in total. The molecule has 1 aromatic carbocycles. The van der Waals surface area contributed by atoms with Gasteiger partial charge in [0.05, 0.1) is 18.2 Å². The van der Waals surface area contributed by atoms with Crippen LogP contribution in [0.5, 0.6) is 0 Å². The van der Waals surface area contributed by atoms with E-state index >= 15 is 0 Å². The van der Waals surface area contributed by atoms with Crippen LogP contribution in [-0.2, 0) is 0 Å². The van der Waals surface area contributed by atoms with Crippen LogP contribution in [0.3, 0.4) is 0 Å². The first-order valence-corrected chi connectivity index (χ1v) is 7.75. The summed E-state index contributed by atoms with van der Waals surface area (Å²) >= 11 is 0. The maximum atomic E-state index is 12.2. The van der Waals surface area contributed by atoms with Gasteiger partial charge < -0.3 is 20.1 Å². The number of aliphatic hydroxyl groups is 2. The fraction of sp³-hybridized carbons (Fsp3) is 0.412. The Hall–Kier alpha value is -2.18. The largest absolute Gasteiger partial charge is 0.390 e. The first kappa shape index (κ1) is 15.7. The van der Waals surface area contributed by atoms with Crippen molar-refractivity contribution < 1.29 is 19.5 Å². The molecule has 1 aliphatic rings. The van der Waals surface area contributed by atoms with E-state index in [2.05, 4.69) is 10.5 Å². The fourth-order valence-corrected chi connectivity index (χ4v) is 2.79. The summed E-state index contributed by atoms with van der Waals surface area (Å²) < 4.78 is 5.23. The minimum Gasteiger partial charge on any atom is -0.390 e. The highest BCUT2D eigenvalue weighted by atomic mass is 16.5. The van der Waals surface area contributed by atoms with E-state index in [1.54, 1.807) is 6.07 Å². The number of nitrogens with zero attached hydrogens (tertiary/aromatic N) is 1.